The van der Waals surface area contributed by atoms with Crippen molar-refractivity contribution in [1.29, 1.82) is 0 Å². The summed E-state index contributed by atoms with van der Waals surface area (Å²) in [6, 6.07) is 14.4. The molecule has 0 bridgehead atoms. The number of hydrogen-bond acceptors (Lipinski definition) is 2. The van der Waals surface area contributed by atoms with Gasteiger partial charge in [-0.05, 0) is 35.2 Å². The van der Waals surface area contributed by atoms with E-state index in [2.05, 4.69) is 5.32 Å². The van der Waals surface area contributed by atoms with E-state index in [1.54, 1.807) is 17.0 Å². The predicted octanol–water partition coefficient (Wildman–Crippen LogP) is 3.64. The first kappa shape index (κ1) is 17.5. The van der Waals surface area contributed by atoms with Gasteiger partial charge in [-0.15, -0.1) is 0 Å². The third kappa shape index (κ3) is 3.69. The topological polar surface area (TPSA) is 49.4 Å². The lowest BCUT2D eigenvalue weighted by Gasteiger charge is -2.30. The minimum atomic E-state index is -0.493. The molecule has 25 heavy (non-hydrogen) atoms. The largest absolute Gasteiger partial charge is 0.350 e. The molecule has 0 saturated carbocycles. The van der Waals surface area contributed by atoms with Crippen LogP contribution in [0.2, 0.25) is 5.02 Å². The molecule has 0 fully saturated rings. The van der Waals surface area contributed by atoms with Crippen LogP contribution in [0.4, 0.5) is 0 Å². The Morgan fingerprint density at radius 3 is 2.48 bits per heavy atom. The Morgan fingerprint density at radius 2 is 1.84 bits per heavy atom. The van der Waals surface area contributed by atoms with Crippen LogP contribution in [0.1, 0.15) is 35.3 Å². The molecule has 4 nitrogen and oxygen atoms in total. The van der Waals surface area contributed by atoms with E-state index in [1.807, 2.05) is 50.2 Å². The molecule has 0 saturated heterocycles. The molecular formula is C20H21ClN2O2. The van der Waals surface area contributed by atoms with Crippen molar-refractivity contribution in [3.8, 4) is 0 Å². The SMILES string of the molecule is CC(C)C(C(=O)NCc1ccc(Cl)cc1)N1Cc2ccccc2C1=O. The van der Waals surface area contributed by atoms with Crippen molar-refractivity contribution in [3.05, 3.63) is 70.2 Å². The van der Waals surface area contributed by atoms with Gasteiger partial charge in [0.2, 0.25) is 5.91 Å². The van der Waals surface area contributed by atoms with Gasteiger partial charge in [0, 0.05) is 23.7 Å². The van der Waals surface area contributed by atoms with Crippen LogP contribution < -0.4 is 5.32 Å². The van der Waals surface area contributed by atoms with Crippen LogP contribution in [-0.4, -0.2) is 22.8 Å². The van der Waals surface area contributed by atoms with E-state index in [-0.39, 0.29) is 17.7 Å². The summed E-state index contributed by atoms with van der Waals surface area (Å²) >= 11 is 5.88. The van der Waals surface area contributed by atoms with Crippen LogP contribution in [0.3, 0.4) is 0 Å². The van der Waals surface area contributed by atoms with E-state index in [1.165, 1.54) is 0 Å². The molecule has 1 atom stereocenters. The van der Waals surface area contributed by atoms with E-state index >= 15 is 0 Å². The van der Waals surface area contributed by atoms with E-state index in [0.717, 1.165) is 11.1 Å². The highest BCUT2D eigenvalue weighted by atomic mass is 35.5. The van der Waals surface area contributed by atoms with E-state index in [4.69, 9.17) is 11.6 Å². The fraction of sp³-hybridized carbons (Fsp3) is 0.300. The third-order valence-corrected chi connectivity index (χ3v) is 4.72. The van der Waals surface area contributed by atoms with Gasteiger partial charge in [0.05, 0.1) is 0 Å². The average Bonchev–Trinajstić information content (AvgIpc) is 2.91. The van der Waals surface area contributed by atoms with Crippen LogP contribution in [0.15, 0.2) is 48.5 Å². The van der Waals surface area contributed by atoms with E-state index in [9.17, 15) is 9.59 Å². The molecule has 0 aliphatic carbocycles. The molecule has 2 aromatic carbocycles. The maximum Gasteiger partial charge on any atom is 0.255 e. The summed E-state index contributed by atoms with van der Waals surface area (Å²) in [4.78, 5) is 27.1. The average molecular weight is 357 g/mol. The molecule has 1 N–H and O–H groups in total. The first-order valence-electron chi connectivity index (χ1n) is 8.38. The third-order valence-electron chi connectivity index (χ3n) is 4.47. The molecular weight excluding hydrogens is 336 g/mol. The van der Waals surface area contributed by atoms with Crippen molar-refractivity contribution in [1.82, 2.24) is 10.2 Å². The van der Waals surface area contributed by atoms with Gasteiger partial charge in [-0.1, -0.05) is 55.8 Å². The standard InChI is InChI=1S/C20H21ClN2O2/c1-13(2)18(19(24)22-11-14-7-9-16(21)10-8-14)23-12-15-5-3-4-6-17(15)20(23)25/h3-10,13,18H,11-12H2,1-2H3,(H,22,24). The van der Waals surface area contributed by atoms with Gasteiger partial charge in [-0.2, -0.15) is 0 Å². The van der Waals surface area contributed by atoms with Crippen LogP contribution in [0, 0.1) is 5.92 Å². The summed E-state index contributed by atoms with van der Waals surface area (Å²) < 4.78 is 0. The van der Waals surface area contributed by atoms with Crippen LogP contribution in [0.5, 0.6) is 0 Å². The smallest absolute Gasteiger partial charge is 0.255 e. The molecule has 130 valence electrons. The maximum absolute atomic E-state index is 12.8. The number of carbonyl (C=O) groups is 2. The summed E-state index contributed by atoms with van der Waals surface area (Å²) in [6.07, 6.45) is 0. The van der Waals surface area contributed by atoms with Gasteiger partial charge >= 0.3 is 0 Å². The van der Waals surface area contributed by atoms with Gasteiger partial charge < -0.3 is 10.2 Å². The molecule has 0 spiro atoms. The maximum atomic E-state index is 12.8. The second-order valence-corrected chi connectivity index (χ2v) is 7.06. The van der Waals surface area contributed by atoms with Crippen LogP contribution >= 0.6 is 11.6 Å². The van der Waals surface area contributed by atoms with Crippen molar-refractivity contribution in [2.75, 3.05) is 0 Å². The van der Waals surface area contributed by atoms with E-state index in [0.29, 0.717) is 23.7 Å². The minimum Gasteiger partial charge on any atom is -0.350 e. The fourth-order valence-electron chi connectivity index (χ4n) is 3.20. The zero-order valence-corrected chi connectivity index (χ0v) is 15.1. The molecule has 3 rings (SSSR count). The number of fused-ring (bicyclic) bond motifs is 1. The summed E-state index contributed by atoms with van der Waals surface area (Å²) in [5.74, 6) is -0.189. The van der Waals surface area contributed by atoms with Crippen molar-refractivity contribution < 1.29 is 9.59 Å². The number of nitrogens with one attached hydrogen (secondary N) is 1. The van der Waals surface area contributed by atoms with Crippen molar-refractivity contribution in [2.24, 2.45) is 5.92 Å². The molecule has 1 aliphatic heterocycles. The van der Waals surface area contributed by atoms with Gasteiger partial charge in [-0.3, -0.25) is 9.59 Å². The summed E-state index contributed by atoms with van der Waals surface area (Å²) in [7, 11) is 0. The molecule has 2 amide bonds. The Bertz CT molecular complexity index is 787. The predicted molar refractivity (Wildman–Crippen MR) is 98.2 cm³/mol. The number of amides is 2. The molecule has 1 heterocycles. The zero-order chi connectivity index (χ0) is 18.0. The number of benzene rings is 2. The quantitative estimate of drug-likeness (QED) is 0.889. The highest BCUT2D eigenvalue weighted by Crippen LogP contribution is 2.27. The van der Waals surface area contributed by atoms with Crippen LogP contribution in [-0.2, 0) is 17.9 Å². The number of nitrogens with zero attached hydrogens (tertiary/aromatic N) is 1. The Hall–Kier alpha value is -2.33. The van der Waals surface area contributed by atoms with Gasteiger partial charge in [0.1, 0.15) is 6.04 Å². The lowest BCUT2D eigenvalue weighted by atomic mass is 10.0. The summed E-state index contributed by atoms with van der Waals surface area (Å²) in [6.45, 7) is 4.81. The van der Waals surface area contributed by atoms with E-state index < -0.39 is 6.04 Å². The molecule has 5 heteroatoms. The first-order valence-corrected chi connectivity index (χ1v) is 8.76. The molecule has 1 unspecified atom stereocenters. The van der Waals surface area contributed by atoms with Gasteiger partial charge in [-0.25, -0.2) is 0 Å². The van der Waals surface area contributed by atoms with Gasteiger partial charge in [0.25, 0.3) is 5.91 Å². The lowest BCUT2D eigenvalue weighted by Crippen LogP contribution is -2.49. The number of carbonyl (C=O) groups excluding carboxylic acids is 2. The zero-order valence-electron chi connectivity index (χ0n) is 14.3. The number of hydrogen-bond donors (Lipinski definition) is 1. The fourth-order valence-corrected chi connectivity index (χ4v) is 3.33. The second kappa shape index (κ2) is 7.28. The highest BCUT2D eigenvalue weighted by molar-refractivity contribution is 6.30. The lowest BCUT2D eigenvalue weighted by molar-refractivity contribution is -0.127. The second-order valence-electron chi connectivity index (χ2n) is 6.62. The minimum absolute atomic E-state index is 0.0171. The summed E-state index contributed by atoms with van der Waals surface area (Å²) in [5.41, 5.74) is 2.64. The Labute approximate surface area is 152 Å². The van der Waals surface area contributed by atoms with Crippen molar-refractivity contribution in [2.45, 2.75) is 33.0 Å². The number of halogens is 1. The van der Waals surface area contributed by atoms with Gasteiger partial charge in [0.15, 0.2) is 0 Å². The van der Waals surface area contributed by atoms with Crippen LogP contribution in [0.25, 0.3) is 0 Å². The first-order chi connectivity index (χ1) is 12.0. The normalized spacial score (nSPS) is 14.6. The molecule has 1 aliphatic rings. The Morgan fingerprint density at radius 1 is 1.16 bits per heavy atom. The molecule has 0 radical (unpaired) electrons. The Balaban J connectivity index is 1.72. The number of rotatable bonds is 5. The molecule has 0 aromatic heterocycles. The summed E-state index contributed by atoms with van der Waals surface area (Å²) in [5, 5.41) is 3.61. The van der Waals surface area contributed by atoms with Crippen molar-refractivity contribution >= 4 is 23.4 Å². The monoisotopic (exact) mass is 356 g/mol. The Kier molecular flexibility index (Phi) is 5.09. The van der Waals surface area contributed by atoms with Crippen molar-refractivity contribution in [3.63, 3.8) is 0 Å². The molecule has 2 aromatic rings. The highest BCUT2D eigenvalue weighted by Gasteiger charge is 2.37.